The summed E-state index contributed by atoms with van der Waals surface area (Å²) in [5.41, 5.74) is 0.692. The van der Waals surface area contributed by atoms with E-state index >= 15 is 0 Å². The van der Waals surface area contributed by atoms with Crippen molar-refractivity contribution in [1.29, 1.82) is 0 Å². The predicted octanol–water partition coefficient (Wildman–Crippen LogP) is 3.25. The van der Waals surface area contributed by atoms with E-state index in [-0.39, 0.29) is 17.1 Å². The van der Waals surface area contributed by atoms with Crippen molar-refractivity contribution >= 4 is 39.3 Å². The smallest absolute Gasteiger partial charge is 0.323 e. The molecule has 0 saturated heterocycles. The number of carbonyl (C=O) groups excluding carboxylic acids is 1. The Labute approximate surface area is 160 Å². The summed E-state index contributed by atoms with van der Waals surface area (Å²) in [6.45, 7) is 0.349. The van der Waals surface area contributed by atoms with Gasteiger partial charge in [0.1, 0.15) is 5.82 Å². The average molecular weight is 437 g/mol. The molecule has 2 aromatic carbocycles. The summed E-state index contributed by atoms with van der Waals surface area (Å²) in [4.78, 5) is 24.0. The van der Waals surface area contributed by atoms with Gasteiger partial charge in [-0.05, 0) is 23.8 Å². The molecular weight excluding hydrogens is 423 g/mol. The summed E-state index contributed by atoms with van der Waals surface area (Å²) in [6, 6.07) is 13.8. The summed E-state index contributed by atoms with van der Waals surface area (Å²) >= 11 is 4.26. The molecule has 0 unspecified atom stereocenters. The number of hydrogen-bond donors (Lipinski definition) is 2. The van der Waals surface area contributed by atoms with Gasteiger partial charge in [-0.1, -0.05) is 58.0 Å². The topological polar surface area (TPSA) is 79.8 Å². The molecule has 0 fully saturated rings. The normalized spacial score (nSPS) is 10.7. The second-order valence-corrected chi connectivity index (χ2v) is 7.20. The second kappa shape index (κ2) is 8.33. The van der Waals surface area contributed by atoms with Crippen molar-refractivity contribution in [3.05, 3.63) is 74.9 Å². The molecule has 2 N–H and O–H groups in total. The fourth-order valence-corrected chi connectivity index (χ4v) is 3.31. The van der Waals surface area contributed by atoms with E-state index in [1.54, 1.807) is 6.07 Å². The number of hydrogen-bond acceptors (Lipinski definition) is 4. The molecular formula is C17H14BrFN4O2S. The van der Waals surface area contributed by atoms with Gasteiger partial charge < -0.3 is 5.32 Å². The number of thioether (sulfide) groups is 1. The van der Waals surface area contributed by atoms with Gasteiger partial charge >= 0.3 is 5.69 Å². The fourth-order valence-electron chi connectivity index (χ4n) is 2.23. The Balaban J connectivity index is 1.64. The zero-order valence-corrected chi connectivity index (χ0v) is 15.8. The summed E-state index contributed by atoms with van der Waals surface area (Å²) in [5.74, 6) is -0.925. The lowest BCUT2D eigenvalue weighted by Gasteiger charge is -2.07. The summed E-state index contributed by atoms with van der Waals surface area (Å²) in [6.07, 6.45) is 0. The summed E-state index contributed by atoms with van der Waals surface area (Å²) < 4.78 is 15.8. The first kappa shape index (κ1) is 18.4. The number of nitrogens with one attached hydrogen (secondary N) is 2. The molecule has 3 aromatic rings. The number of halogens is 2. The van der Waals surface area contributed by atoms with Gasteiger partial charge in [0.25, 0.3) is 0 Å². The highest BCUT2D eigenvalue weighted by Crippen LogP contribution is 2.20. The average Bonchev–Trinajstić information content (AvgIpc) is 2.97. The van der Waals surface area contributed by atoms with Gasteiger partial charge in [0.15, 0.2) is 5.16 Å². The van der Waals surface area contributed by atoms with Crippen molar-refractivity contribution in [3.8, 4) is 0 Å². The Bertz CT molecular complexity index is 974. The lowest BCUT2D eigenvalue weighted by molar-refractivity contribution is -0.113. The molecule has 1 amide bonds. The van der Waals surface area contributed by atoms with Crippen molar-refractivity contribution in [2.45, 2.75) is 11.7 Å². The molecule has 0 radical (unpaired) electrons. The second-order valence-electron chi connectivity index (χ2n) is 5.34. The van der Waals surface area contributed by atoms with Gasteiger partial charge in [0.05, 0.1) is 18.0 Å². The van der Waals surface area contributed by atoms with Crippen LogP contribution in [0.5, 0.6) is 0 Å². The van der Waals surface area contributed by atoms with Gasteiger partial charge in [-0.25, -0.2) is 14.3 Å². The van der Waals surface area contributed by atoms with E-state index in [2.05, 4.69) is 31.4 Å². The minimum Gasteiger partial charge on any atom is -0.323 e. The first-order valence-electron chi connectivity index (χ1n) is 7.60. The standard InChI is InChI=1S/C17H14BrFN4O2S/c18-12-6-7-14(13(19)8-12)20-15(24)10-26-17-22-21-16(25)23(17)9-11-4-2-1-3-5-11/h1-8H,9-10H2,(H,20,24)(H,21,25). The quantitative estimate of drug-likeness (QED) is 0.581. The monoisotopic (exact) mass is 436 g/mol. The molecule has 26 heavy (non-hydrogen) atoms. The fraction of sp³-hybridized carbons (Fsp3) is 0.118. The van der Waals surface area contributed by atoms with Gasteiger partial charge in [-0.3, -0.25) is 9.36 Å². The van der Waals surface area contributed by atoms with Crippen LogP contribution < -0.4 is 11.0 Å². The Morgan fingerprint density at radius 2 is 2.04 bits per heavy atom. The maximum atomic E-state index is 13.8. The molecule has 1 aromatic heterocycles. The van der Waals surface area contributed by atoms with E-state index in [1.807, 2.05) is 30.3 Å². The lowest BCUT2D eigenvalue weighted by atomic mass is 10.2. The van der Waals surface area contributed by atoms with Crippen LogP contribution >= 0.6 is 27.7 Å². The molecule has 0 bridgehead atoms. The molecule has 0 spiro atoms. The van der Waals surface area contributed by atoms with Gasteiger partial charge in [-0.2, -0.15) is 0 Å². The molecule has 134 valence electrons. The Hall–Kier alpha value is -2.39. The third-order valence-corrected chi connectivity index (χ3v) is 4.91. The molecule has 1 heterocycles. The van der Waals surface area contributed by atoms with Crippen molar-refractivity contribution in [2.24, 2.45) is 0 Å². The van der Waals surface area contributed by atoms with E-state index in [4.69, 9.17) is 0 Å². The number of rotatable bonds is 6. The lowest BCUT2D eigenvalue weighted by Crippen LogP contribution is -2.19. The maximum Gasteiger partial charge on any atom is 0.344 e. The number of anilines is 1. The Morgan fingerprint density at radius 1 is 1.27 bits per heavy atom. The molecule has 0 saturated carbocycles. The van der Waals surface area contributed by atoms with E-state index in [9.17, 15) is 14.0 Å². The third kappa shape index (κ3) is 4.61. The number of benzene rings is 2. The van der Waals surface area contributed by atoms with E-state index < -0.39 is 11.7 Å². The molecule has 0 aliphatic carbocycles. The molecule has 6 nitrogen and oxygen atoms in total. The zero-order chi connectivity index (χ0) is 18.5. The molecule has 0 atom stereocenters. The number of amides is 1. The third-order valence-electron chi connectivity index (χ3n) is 3.44. The van der Waals surface area contributed by atoms with E-state index in [1.165, 1.54) is 16.7 Å². The molecule has 0 aliphatic rings. The first-order chi connectivity index (χ1) is 12.5. The van der Waals surface area contributed by atoms with Crippen LogP contribution in [0.4, 0.5) is 10.1 Å². The van der Waals surface area contributed by atoms with Crippen LogP contribution in [0.3, 0.4) is 0 Å². The number of aromatic nitrogens is 3. The molecule has 0 aliphatic heterocycles. The van der Waals surface area contributed by atoms with Crippen molar-refractivity contribution in [2.75, 3.05) is 11.1 Å². The van der Waals surface area contributed by atoms with Crippen molar-refractivity contribution in [3.63, 3.8) is 0 Å². The Kier molecular flexibility index (Phi) is 5.89. The number of H-pyrrole nitrogens is 1. The predicted molar refractivity (Wildman–Crippen MR) is 102 cm³/mol. The largest absolute Gasteiger partial charge is 0.344 e. The SMILES string of the molecule is O=C(CSc1n[nH]c(=O)n1Cc1ccccc1)Nc1ccc(Br)cc1F. The van der Waals surface area contributed by atoms with Crippen molar-refractivity contribution < 1.29 is 9.18 Å². The van der Waals surface area contributed by atoms with E-state index in [0.717, 1.165) is 17.3 Å². The highest BCUT2D eigenvalue weighted by molar-refractivity contribution is 9.10. The first-order valence-corrected chi connectivity index (χ1v) is 9.37. The van der Waals surface area contributed by atoms with Crippen LogP contribution in [0.25, 0.3) is 0 Å². The summed E-state index contributed by atoms with van der Waals surface area (Å²) in [7, 11) is 0. The van der Waals surface area contributed by atoms with Crippen LogP contribution in [0.2, 0.25) is 0 Å². The van der Waals surface area contributed by atoms with Crippen LogP contribution in [-0.2, 0) is 11.3 Å². The highest BCUT2D eigenvalue weighted by Gasteiger charge is 2.13. The maximum absolute atomic E-state index is 13.8. The van der Waals surface area contributed by atoms with Crippen molar-refractivity contribution in [1.82, 2.24) is 14.8 Å². The van der Waals surface area contributed by atoms with Crippen LogP contribution in [-0.4, -0.2) is 26.4 Å². The van der Waals surface area contributed by atoms with Crippen LogP contribution in [0.1, 0.15) is 5.56 Å². The summed E-state index contributed by atoms with van der Waals surface area (Å²) in [5, 5.41) is 9.23. The molecule has 3 rings (SSSR count). The molecule has 9 heteroatoms. The van der Waals surface area contributed by atoms with Gasteiger partial charge in [0, 0.05) is 4.47 Å². The number of nitrogens with zero attached hydrogens (tertiary/aromatic N) is 2. The highest BCUT2D eigenvalue weighted by atomic mass is 79.9. The van der Waals surface area contributed by atoms with Gasteiger partial charge in [-0.15, -0.1) is 5.10 Å². The Morgan fingerprint density at radius 3 is 2.77 bits per heavy atom. The minimum absolute atomic E-state index is 0.00537. The van der Waals surface area contributed by atoms with Gasteiger partial charge in [0.2, 0.25) is 5.91 Å². The minimum atomic E-state index is -0.529. The van der Waals surface area contributed by atoms with Crippen LogP contribution in [0.15, 0.2) is 63.0 Å². The number of carbonyl (C=O) groups is 1. The van der Waals surface area contributed by atoms with E-state index in [0.29, 0.717) is 16.2 Å². The zero-order valence-electron chi connectivity index (χ0n) is 13.4. The number of aromatic amines is 1. The van der Waals surface area contributed by atoms with Crippen LogP contribution in [0, 0.1) is 5.82 Å².